The molecule has 3 heterocycles. The number of H-pyrrole nitrogens is 1. The summed E-state index contributed by atoms with van der Waals surface area (Å²) < 4.78 is 7.81. The summed E-state index contributed by atoms with van der Waals surface area (Å²) in [5.74, 6) is 2.83. The molecule has 6 heteroatoms. The van der Waals surface area contributed by atoms with Gasteiger partial charge in [0.2, 0.25) is 5.91 Å². The van der Waals surface area contributed by atoms with Crippen LogP contribution >= 0.6 is 0 Å². The third kappa shape index (κ3) is 4.06. The lowest BCUT2D eigenvalue weighted by Crippen LogP contribution is -2.30. The Balaban J connectivity index is 1.22. The van der Waals surface area contributed by atoms with Crippen LogP contribution in [0.2, 0.25) is 0 Å². The van der Waals surface area contributed by atoms with Crippen molar-refractivity contribution in [3.8, 4) is 28.3 Å². The number of benzene rings is 3. The highest BCUT2D eigenvalue weighted by Crippen LogP contribution is 2.35. The Bertz CT molecular complexity index is 1610. The van der Waals surface area contributed by atoms with Crippen molar-refractivity contribution in [2.45, 2.75) is 25.8 Å². The summed E-state index contributed by atoms with van der Waals surface area (Å²) >= 11 is 0. The fourth-order valence-electron chi connectivity index (χ4n) is 5.71. The minimum absolute atomic E-state index is 0.285. The molecular weight excluding hydrogens is 460 g/mol. The zero-order valence-electron chi connectivity index (χ0n) is 21.0. The van der Waals surface area contributed by atoms with Crippen molar-refractivity contribution in [2.24, 2.45) is 11.8 Å². The van der Waals surface area contributed by atoms with E-state index in [1.165, 1.54) is 16.5 Å². The lowest BCUT2D eigenvalue weighted by Gasteiger charge is -2.18. The maximum absolute atomic E-state index is 12.6. The van der Waals surface area contributed by atoms with E-state index in [-0.39, 0.29) is 5.92 Å². The van der Waals surface area contributed by atoms with Gasteiger partial charge >= 0.3 is 0 Å². The molecule has 2 fully saturated rings. The van der Waals surface area contributed by atoms with E-state index >= 15 is 0 Å². The largest absolute Gasteiger partial charge is 0.497 e. The zero-order valence-corrected chi connectivity index (χ0v) is 21.0. The maximum Gasteiger partial charge on any atom is 0.225 e. The summed E-state index contributed by atoms with van der Waals surface area (Å²) in [5, 5.41) is 1.21. The molecule has 37 heavy (non-hydrogen) atoms. The first-order valence-corrected chi connectivity index (χ1v) is 13.2. The smallest absolute Gasteiger partial charge is 0.225 e. The fraction of sp³-hybridized carbons (Fsp3) is 0.290. The van der Waals surface area contributed by atoms with Gasteiger partial charge in [-0.15, -0.1) is 0 Å². The molecule has 1 atom stereocenters. The summed E-state index contributed by atoms with van der Waals surface area (Å²) in [5.41, 5.74) is 6.65. The summed E-state index contributed by atoms with van der Waals surface area (Å²) in [6.45, 7) is 2.56. The van der Waals surface area contributed by atoms with Gasteiger partial charge in [-0.2, -0.15) is 0 Å². The standard InChI is InChI=1S/C31H30N4O2/c1-37-26-9-11-29-28(17-26)33-30(35(29)19-20-13-15-34(18-20)31(36)23-6-7-23)22-4-2-21(3-5-22)24-8-10-27-25(16-24)12-14-32-27/h2-5,8-12,14,16-17,20,23,32H,6-7,13,15,18-19H2,1H3. The fourth-order valence-corrected chi connectivity index (χ4v) is 5.71. The topological polar surface area (TPSA) is 63.1 Å². The number of methoxy groups -OCH3 is 1. The summed E-state index contributed by atoms with van der Waals surface area (Å²) in [4.78, 5) is 23.0. The van der Waals surface area contributed by atoms with Gasteiger partial charge in [-0.1, -0.05) is 30.3 Å². The first kappa shape index (κ1) is 22.2. The van der Waals surface area contributed by atoms with Crippen molar-refractivity contribution < 1.29 is 9.53 Å². The lowest BCUT2D eigenvalue weighted by atomic mass is 10.0. The number of aromatic amines is 1. The van der Waals surface area contributed by atoms with Gasteiger partial charge in [0.05, 0.1) is 18.1 Å². The molecular formula is C31H30N4O2. The van der Waals surface area contributed by atoms with Gasteiger partial charge in [0.1, 0.15) is 11.6 Å². The number of aromatic nitrogens is 3. The Morgan fingerprint density at radius 3 is 2.59 bits per heavy atom. The molecule has 0 bridgehead atoms. The Morgan fingerprint density at radius 1 is 0.973 bits per heavy atom. The predicted octanol–water partition coefficient (Wildman–Crippen LogP) is 6.12. The van der Waals surface area contributed by atoms with Crippen LogP contribution in [-0.4, -0.2) is 45.5 Å². The van der Waals surface area contributed by atoms with Crippen molar-refractivity contribution in [3.05, 3.63) is 72.9 Å². The second-order valence-corrected chi connectivity index (χ2v) is 10.5. The molecule has 0 spiro atoms. The van der Waals surface area contributed by atoms with Crippen LogP contribution in [0.4, 0.5) is 0 Å². The molecule has 1 unspecified atom stereocenters. The van der Waals surface area contributed by atoms with Crippen LogP contribution < -0.4 is 4.74 Å². The van der Waals surface area contributed by atoms with Gasteiger partial charge in [-0.05, 0) is 72.0 Å². The average Bonchev–Trinajstić information content (AvgIpc) is 3.33. The van der Waals surface area contributed by atoms with E-state index < -0.39 is 0 Å². The van der Waals surface area contributed by atoms with Gasteiger partial charge in [-0.25, -0.2) is 4.98 Å². The Labute approximate surface area is 215 Å². The molecule has 1 saturated carbocycles. The molecule has 1 aliphatic heterocycles. The van der Waals surface area contributed by atoms with E-state index in [9.17, 15) is 4.79 Å². The monoisotopic (exact) mass is 490 g/mol. The van der Waals surface area contributed by atoms with Gasteiger partial charge in [0, 0.05) is 48.9 Å². The van der Waals surface area contributed by atoms with Crippen LogP contribution in [0.15, 0.2) is 72.9 Å². The van der Waals surface area contributed by atoms with Gasteiger partial charge in [0.15, 0.2) is 0 Å². The van der Waals surface area contributed by atoms with Crippen LogP contribution in [0, 0.1) is 11.8 Å². The molecule has 1 amide bonds. The van der Waals surface area contributed by atoms with Gasteiger partial charge in [0.25, 0.3) is 0 Å². The molecule has 1 N–H and O–H groups in total. The molecule has 2 aromatic heterocycles. The first-order chi connectivity index (χ1) is 18.2. The average molecular weight is 491 g/mol. The SMILES string of the molecule is COc1ccc2c(c1)nc(-c1ccc(-c3ccc4[nH]ccc4c3)cc1)n2CC1CCN(C(=O)C2CC2)C1. The normalized spacial score (nSPS) is 17.6. The number of fused-ring (bicyclic) bond motifs is 2. The highest BCUT2D eigenvalue weighted by Gasteiger charge is 2.36. The van der Waals surface area contributed by atoms with Crippen LogP contribution in [0.3, 0.4) is 0 Å². The highest BCUT2D eigenvalue weighted by molar-refractivity contribution is 5.86. The molecule has 2 aliphatic rings. The van der Waals surface area contributed by atoms with E-state index in [2.05, 4.69) is 69.0 Å². The molecule has 1 aliphatic carbocycles. The summed E-state index contributed by atoms with van der Waals surface area (Å²) in [6, 6.07) is 23.4. The Hall–Kier alpha value is -4.06. The lowest BCUT2D eigenvalue weighted by molar-refractivity contribution is -0.131. The number of nitrogens with one attached hydrogen (secondary N) is 1. The quantitative estimate of drug-likeness (QED) is 0.312. The number of carbonyl (C=O) groups is 1. The summed E-state index contributed by atoms with van der Waals surface area (Å²) in [6.07, 6.45) is 5.14. The van der Waals surface area contributed by atoms with Crippen molar-refractivity contribution in [1.29, 1.82) is 0 Å². The molecule has 7 rings (SSSR count). The van der Waals surface area contributed by atoms with Crippen LogP contribution in [0.25, 0.3) is 44.5 Å². The zero-order chi connectivity index (χ0) is 24.9. The minimum atomic E-state index is 0.285. The van der Waals surface area contributed by atoms with E-state index in [0.717, 1.165) is 72.6 Å². The Morgan fingerprint density at radius 2 is 1.78 bits per heavy atom. The number of amides is 1. The number of hydrogen-bond acceptors (Lipinski definition) is 3. The first-order valence-electron chi connectivity index (χ1n) is 13.2. The number of nitrogens with zero attached hydrogens (tertiary/aromatic N) is 3. The molecule has 5 aromatic rings. The molecule has 1 saturated heterocycles. The molecule has 186 valence electrons. The van der Waals surface area contributed by atoms with Crippen molar-refractivity contribution in [2.75, 3.05) is 20.2 Å². The summed E-state index contributed by atoms with van der Waals surface area (Å²) in [7, 11) is 1.69. The number of likely N-dealkylation sites (tertiary alicyclic amines) is 1. The predicted molar refractivity (Wildman–Crippen MR) is 146 cm³/mol. The van der Waals surface area contributed by atoms with E-state index in [0.29, 0.717) is 11.8 Å². The number of imidazole rings is 1. The number of rotatable bonds is 6. The van der Waals surface area contributed by atoms with E-state index in [4.69, 9.17) is 9.72 Å². The van der Waals surface area contributed by atoms with Crippen molar-refractivity contribution >= 4 is 27.8 Å². The third-order valence-corrected chi connectivity index (χ3v) is 7.95. The van der Waals surface area contributed by atoms with E-state index in [1.807, 2.05) is 18.3 Å². The Kier molecular flexibility index (Phi) is 5.27. The number of carbonyl (C=O) groups excluding carboxylic acids is 1. The van der Waals surface area contributed by atoms with Crippen molar-refractivity contribution in [1.82, 2.24) is 19.4 Å². The highest BCUT2D eigenvalue weighted by atomic mass is 16.5. The van der Waals surface area contributed by atoms with E-state index in [1.54, 1.807) is 7.11 Å². The second kappa shape index (κ2) is 8.80. The molecule has 6 nitrogen and oxygen atoms in total. The van der Waals surface area contributed by atoms with Crippen molar-refractivity contribution in [3.63, 3.8) is 0 Å². The molecule has 3 aromatic carbocycles. The van der Waals surface area contributed by atoms with Gasteiger partial charge in [-0.3, -0.25) is 4.79 Å². The van der Waals surface area contributed by atoms with Gasteiger partial charge < -0.3 is 19.2 Å². The minimum Gasteiger partial charge on any atom is -0.497 e. The third-order valence-electron chi connectivity index (χ3n) is 7.95. The van der Waals surface area contributed by atoms with Crippen LogP contribution in [-0.2, 0) is 11.3 Å². The van der Waals surface area contributed by atoms with Crippen LogP contribution in [0.5, 0.6) is 5.75 Å². The number of hydrogen-bond donors (Lipinski definition) is 1. The maximum atomic E-state index is 12.6. The number of ether oxygens (including phenoxy) is 1. The molecule has 0 radical (unpaired) electrons. The second-order valence-electron chi connectivity index (χ2n) is 10.5. The van der Waals surface area contributed by atoms with Crippen LogP contribution in [0.1, 0.15) is 19.3 Å².